The predicted molar refractivity (Wildman–Crippen MR) is 4.73 cm³/mol. The number of rotatable bonds is 0. The van der Waals surface area contributed by atoms with Crippen LogP contribution in [0.25, 0.3) is 0 Å². The van der Waals surface area contributed by atoms with E-state index in [0.29, 0.717) is 0 Å². The molecule has 0 aromatic rings. The summed E-state index contributed by atoms with van der Waals surface area (Å²) in [6.07, 6.45) is 0. The van der Waals surface area contributed by atoms with E-state index in [9.17, 15) is 0 Å². The predicted octanol–water partition coefficient (Wildman–Crippen LogP) is -3.72. The molecule has 5 heavy (non-hydrogen) atoms. The molecule has 2 N–H and O–H groups in total. The molecule has 0 atom stereocenters. The molecule has 0 aliphatic carbocycles. The summed E-state index contributed by atoms with van der Waals surface area (Å²) in [6.45, 7) is 0. The van der Waals surface area contributed by atoms with E-state index in [1.807, 2.05) is 0 Å². The molecular weight excluding hydrogens is 196 g/mol. The van der Waals surface area contributed by atoms with Gasteiger partial charge in [-0.3, -0.25) is 0 Å². The summed E-state index contributed by atoms with van der Waals surface area (Å²) >= 11 is 0. The van der Waals surface area contributed by atoms with Gasteiger partial charge in [0.25, 0.3) is 0 Å². The fraction of sp³-hybridized carbons (Fsp3) is 0. The van der Waals surface area contributed by atoms with Crippen molar-refractivity contribution in [3.05, 3.63) is 0 Å². The summed E-state index contributed by atoms with van der Waals surface area (Å²) in [7, 11) is 0. The molecule has 0 unspecified atom stereocenters. The molecule has 0 saturated heterocycles. The third kappa shape index (κ3) is 23.4. The van der Waals surface area contributed by atoms with Crippen LogP contribution in [0.1, 0.15) is 1.43 Å². The number of hydrogen-bond acceptors (Lipinski definition) is 0. The van der Waals surface area contributed by atoms with Crippen LogP contribution in [0.3, 0.4) is 0 Å². The van der Waals surface area contributed by atoms with Gasteiger partial charge < -0.3 is 6.90 Å². The second kappa shape index (κ2) is 36.3. The van der Waals surface area contributed by atoms with Gasteiger partial charge in [-0.25, -0.2) is 0 Å². The van der Waals surface area contributed by atoms with Crippen molar-refractivity contribution in [1.29, 1.82) is 0 Å². The minimum atomic E-state index is 0. The molecule has 2 radical (unpaired) electrons. The zero-order valence-electron chi connectivity index (χ0n) is 3.53. The average Bonchev–Trinajstić information content (AvgIpc) is 0. The van der Waals surface area contributed by atoms with E-state index in [0.717, 1.165) is 0 Å². The van der Waals surface area contributed by atoms with Crippen LogP contribution < -0.4 is 18.9 Å². The summed E-state index contributed by atoms with van der Waals surface area (Å²) in [5.41, 5.74) is 0. The minimum absolute atomic E-state index is 0. The molecule has 36 valence electrons. The fourth-order valence-corrected chi connectivity index (χ4v) is 0. The molecule has 1 nitrogen and oxygen atoms in total. The van der Waals surface area contributed by atoms with E-state index in [4.69, 9.17) is 0 Å². The number of hydrogen-bond donors (Lipinski definition) is 0. The van der Waals surface area contributed by atoms with Crippen LogP contribution in [0.5, 0.6) is 0 Å². The zero-order valence-corrected chi connectivity index (χ0v) is 5.74. The quantitative estimate of drug-likeness (QED) is 0.359. The SMILES string of the molecule is O.[Co].[H-].[Li+].[Mn].[Ni]. The van der Waals surface area contributed by atoms with E-state index in [2.05, 4.69) is 0 Å². The fourth-order valence-electron chi connectivity index (χ4n) is 0. The van der Waals surface area contributed by atoms with Crippen molar-refractivity contribution >= 4 is 0 Å². The molecule has 0 fully saturated rings. The van der Waals surface area contributed by atoms with Crippen molar-refractivity contribution in [1.82, 2.24) is 0 Å². The molecular formula is H3CoLiMnNiO. The Morgan fingerprint density at radius 3 is 1.20 bits per heavy atom. The van der Waals surface area contributed by atoms with Crippen molar-refractivity contribution in [3.63, 3.8) is 0 Å². The first-order valence-electron chi connectivity index (χ1n) is 0. The molecule has 0 saturated carbocycles. The largest absolute Gasteiger partial charge is 1.00 e. The Morgan fingerprint density at radius 2 is 1.20 bits per heavy atom. The Hall–Kier alpha value is 2.08. The smallest absolute Gasteiger partial charge is 1.00 e. The van der Waals surface area contributed by atoms with Gasteiger partial charge in [-0.1, -0.05) is 0 Å². The summed E-state index contributed by atoms with van der Waals surface area (Å²) in [6, 6.07) is 0. The van der Waals surface area contributed by atoms with Crippen LogP contribution in [0.2, 0.25) is 0 Å². The van der Waals surface area contributed by atoms with Crippen LogP contribution in [0.15, 0.2) is 0 Å². The molecule has 0 bridgehead atoms. The second-order valence-electron chi connectivity index (χ2n) is 0. The molecule has 0 amide bonds. The monoisotopic (exact) mass is 198 g/mol. The summed E-state index contributed by atoms with van der Waals surface area (Å²) in [4.78, 5) is 0. The van der Waals surface area contributed by atoms with Crippen molar-refractivity contribution in [2.75, 3.05) is 0 Å². The Balaban J connectivity index is 0. The summed E-state index contributed by atoms with van der Waals surface area (Å²) in [5, 5.41) is 0. The van der Waals surface area contributed by atoms with Crippen LogP contribution in [0, 0.1) is 0 Å². The van der Waals surface area contributed by atoms with Gasteiger partial charge in [0.15, 0.2) is 0 Å². The van der Waals surface area contributed by atoms with Crippen LogP contribution in [-0.4, -0.2) is 5.48 Å². The third-order valence-corrected chi connectivity index (χ3v) is 0. The summed E-state index contributed by atoms with van der Waals surface area (Å²) < 4.78 is 0. The normalized spacial score (nSPS) is 0. The minimum Gasteiger partial charge on any atom is -1.00 e. The van der Waals surface area contributed by atoms with Gasteiger partial charge in [-0.05, 0) is 0 Å². The van der Waals surface area contributed by atoms with Crippen molar-refractivity contribution in [2.24, 2.45) is 0 Å². The Bertz CT molecular complexity index is 15.5. The van der Waals surface area contributed by atoms with E-state index in [1.54, 1.807) is 0 Å². The van der Waals surface area contributed by atoms with Gasteiger partial charge in [0.05, 0.1) is 0 Å². The van der Waals surface area contributed by atoms with E-state index in [1.165, 1.54) is 0 Å². The maximum atomic E-state index is 0. The average molecular weight is 199 g/mol. The third-order valence-electron chi connectivity index (χ3n) is 0. The topological polar surface area (TPSA) is 31.5 Å². The van der Waals surface area contributed by atoms with Crippen molar-refractivity contribution in [3.8, 4) is 0 Å². The second-order valence-corrected chi connectivity index (χ2v) is 0. The molecule has 0 aliphatic heterocycles. The Morgan fingerprint density at radius 1 is 1.20 bits per heavy atom. The van der Waals surface area contributed by atoms with E-state index >= 15 is 0 Å². The molecule has 0 heterocycles. The molecule has 0 rings (SSSR count). The van der Waals surface area contributed by atoms with E-state index < -0.39 is 0 Å². The molecule has 0 aliphatic rings. The van der Waals surface area contributed by atoms with Crippen molar-refractivity contribution < 1.29 is 76.1 Å². The maximum Gasteiger partial charge on any atom is 1.00 e. The van der Waals surface area contributed by atoms with Gasteiger partial charge in [0.2, 0.25) is 0 Å². The summed E-state index contributed by atoms with van der Waals surface area (Å²) in [5.74, 6) is 0. The standard InChI is InChI=1S/Co.Li.Mn.Ni.H2O.H/h;;;;1H2;/q;+1;;;;-1. The van der Waals surface area contributed by atoms with Crippen molar-refractivity contribution in [2.45, 2.75) is 0 Å². The first-order chi connectivity index (χ1) is 0. The van der Waals surface area contributed by atoms with Gasteiger partial charge >= 0.3 is 18.9 Å². The van der Waals surface area contributed by atoms with Gasteiger partial charge in [-0.15, -0.1) is 0 Å². The van der Waals surface area contributed by atoms with Gasteiger partial charge in [-0.2, -0.15) is 0 Å². The first kappa shape index (κ1) is 60.6. The molecule has 5 heteroatoms. The molecule has 0 aromatic carbocycles. The van der Waals surface area contributed by atoms with E-state index in [-0.39, 0.29) is 76.1 Å². The van der Waals surface area contributed by atoms with Gasteiger partial charge in [0, 0.05) is 50.3 Å². The van der Waals surface area contributed by atoms with Crippen LogP contribution >= 0.6 is 0 Å². The Labute approximate surface area is 75.6 Å². The zero-order chi connectivity index (χ0) is 0. The van der Waals surface area contributed by atoms with Crippen LogP contribution in [-0.2, 0) is 50.3 Å². The maximum absolute atomic E-state index is 0. The van der Waals surface area contributed by atoms with Gasteiger partial charge in [0.1, 0.15) is 0 Å². The molecule has 0 spiro atoms. The molecule has 0 aromatic heterocycles. The van der Waals surface area contributed by atoms with Crippen LogP contribution in [0.4, 0.5) is 0 Å². The Kier molecular flexibility index (Phi) is 440. The first-order valence-corrected chi connectivity index (χ1v) is 0.